The second kappa shape index (κ2) is 5.47. The van der Waals surface area contributed by atoms with Gasteiger partial charge in [-0.15, -0.1) is 11.3 Å². The van der Waals surface area contributed by atoms with Crippen molar-refractivity contribution in [1.82, 2.24) is 9.97 Å². The molecule has 0 radical (unpaired) electrons. The van der Waals surface area contributed by atoms with Crippen molar-refractivity contribution in [1.29, 1.82) is 5.26 Å². The highest BCUT2D eigenvalue weighted by Crippen LogP contribution is 2.20. The molecule has 0 atom stereocenters. The largest absolute Gasteiger partial charge is 0.395 e. The van der Waals surface area contributed by atoms with Gasteiger partial charge in [-0.3, -0.25) is 0 Å². The van der Waals surface area contributed by atoms with E-state index in [1.165, 1.54) is 4.88 Å². The Morgan fingerprint density at radius 3 is 3.00 bits per heavy atom. The predicted molar refractivity (Wildman–Crippen MR) is 72.2 cm³/mol. The minimum Gasteiger partial charge on any atom is -0.395 e. The Hall–Kier alpha value is -2.13. The number of nitrogen functional groups attached to an aromatic ring is 1. The quantitative estimate of drug-likeness (QED) is 0.878. The molecule has 0 aliphatic heterocycles. The normalized spacial score (nSPS) is 10.0. The highest BCUT2D eigenvalue weighted by molar-refractivity contribution is 7.11. The van der Waals surface area contributed by atoms with Gasteiger partial charge >= 0.3 is 0 Å². The molecule has 5 nitrogen and oxygen atoms in total. The van der Waals surface area contributed by atoms with Crippen LogP contribution >= 0.6 is 11.3 Å². The summed E-state index contributed by atoms with van der Waals surface area (Å²) in [5.74, 6) is 0.530. The molecular formula is C12H13N5S. The summed E-state index contributed by atoms with van der Waals surface area (Å²) in [4.78, 5) is 9.66. The number of aryl methyl sites for hydroxylation is 1. The molecule has 0 saturated carbocycles. The SMILES string of the molecule is CCc1cnc(CNc2nccc(C#N)c2N)s1. The smallest absolute Gasteiger partial charge is 0.150 e. The lowest BCUT2D eigenvalue weighted by molar-refractivity contribution is 1.07. The molecule has 0 aliphatic carbocycles. The number of rotatable bonds is 4. The van der Waals surface area contributed by atoms with Crippen LogP contribution in [0.4, 0.5) is 11.5 Å². The van der Waals surface area contributed by atoms with Crippen LogP contribution in [0, 0.1) is 11.3 Å². The Morgan fingerprint density at radius 2 is 2.33 bits per heavy atom. The first-order valence-electron chi connectivity index (χ1n) is 5.56. The maximum atomic E-state index is 8.87. The fraction of sp³-hybridized carbons (Fsp3) is 0.250. The minimum atomic E-state index is 0.382. The number of thiazole rings is 1. The van der Waals surface area contributed by atoms with Gasteiger partial charge in [0, 0.05) is 17.3 Å². The van der Waals surface area contributed by atoms with Crippen LogP contribution in [0.15, 0.2) is 18.5 Å². The first-order chi connectivity index (χ1) is 8.74. The summed E-state index contributed by atoms with van der Waals surface area (Å²) in [7, 11) is 0. The van der Waals surface area contributed by atoms with E-state index < -0.39 is 0 Å². The van der Waals surface area contributed by atoms with E-state index >= 15 is 0 Å². The lowest BCUT2D eigenvalue weighted by atomic mass is 10.2. The van der Waals surface area contributed by atoms with Crippen molar-refractivity contribution >= 4 is 22.8 Å². The maximum Gasteiger partial charge on any atom is 0.150 e. The summed E-state index contributed by atoms with van der Waals surface area (Å²) in [6.45, 7) is 2.66. The standard InChI is InChI=1S/C12H13N5S/c1-2-9-6-16-10(18-9)7-17-12-11(14)8(5-13)3-4-15-12/h3-4,6H,2,7,14H2,1H3,(H,15,17). The van der Waals surface area contributed by atoms with Crippen molar-refractivity contribution in [3.05, 3.63) is 33.9 Å². The third-order valence-electron chi connectivity index (χ3n) is 2.47. The van der Waals surface area contributed by atoms with Gasteiger partial charge in [0.15, 0.2) is 5.82 Å². The Bertz CT molecular complexity index is 584. The first-order valence-corrected chi connectivity index (χ1v) is 6.38. The molecule has 0 saturated heterocycles. The monoisotopic (exact) mass is 259 g/mol. The van der Waals surface area contributed by atoms with Crippen molar-refractivity contribution in [2.75, 3.05) is 11.1 Å². The summed E-state index contributed by atoms with van der Waals surface area (Å²) in [6, 6.07) is 3.63. The van der Waals surface area contributed by atoms with Crippen molar-refractivity contribution in [3.63, 3.8) is 0 Å². The number of hydrogen-bond acceptors (Lipinski definition) is 6. The Labute approximate surface area is 109 Å². The summed E-state index contributed by atoms with van der Waals surface area (Å²) in [5, 5.41) is 13.0. The molecule has 2 heterocycles. The molecule has 18 heavy (non-hydrogen) atoms. The van der Waals surface area contributed by atoms with Crippen LogP contribution in [0.1, 0.15) is 22.4 Å². The number of anilines is 2. The molecule has 0 amide bonds. The number of nitrogens with zero attached hydrogens (tertiary/aromatic N) is 3. The molecule has 0 aromatic carbocycles. The zero-order chi connectivity index (χ0) is 13.0. The lowest BCUT2D eigenvalue weighted by Gasteiger charge is -2.07. The fourth-order valence-electron chi connectivity index (χ4n) is 1.46. The number of nitriles is 1. The Morgan fingerprint density at radius 1 is 1.50 bits per heavy atom. The molecule has 2 rings (SSSR count). The van der Waals surface area contributed by atoms with Gasteiger partial charge in [-0.05, 0) is 12.5 Å². The van der Waals surface area contributed by atoms with Gasteiger partial charge in [0.2, 0.25) is 0 Å². The highest BCUT2D eigenvalue weighted by Gasteiger charge is 2.06. The molecule has 0 fully saturated rings. The van der Waals surface area contributed by atoms with Crippen molar-refractivity contribution in [2.45, 2.75) is 19.9 Å². The molecule has 0 spiro atoms. The number of pyridine rings is 1. The third-order valence-corrected chi connectivity index (χ3v) is 3.61. The van der Waals surface area contributed by atoms with E-state index in [1.807, 2.05) is 12.3 Å². The van der Waals surface area contributed by atoms with Gasteiger partial charge < -0.3 is 11.1 Å². The molecule has 2 aromatic rings. The molecular weight excluding hydrogens is 246 g/mol. The molecule has 0 unspecified atom stereocenters. The number of nitrogens with one attached hydrogen (secondary N) is 1. The highest BCUT2D eigenvalue weighted by atomic mass is 32.1. The van der Waals surface area contributed by atoms with E-state index in [0.29, 0.717) is 23.6 Å². The van der Waals surface area contributed by atoms with Gasteiger partial charge in [-0.25, -0.2) is 9.97 Å². The number of aromatic nitrogens is 2. The van der Waals surface area contributed by atoms with E-state index in [1.54, 1.807) is 23.6 Å². The van der Waals surface area contributed by atoms with Gasteiger partial charge in [0.25, 0.3) is 0 Å². The van der Waals surface area contributed by atoms with Gasteiger partial charge in [0.1, 0.15) is 11.1 Å². The summed E-state index contributed by atoms with van der Waals surface area (Å²) in [6.07, 6.45) is 4.43. The van der Waals surface area contributed by atoms with Gasteiger partial charge in [0.05, 0.1) is 17.8 Å². The first kappa shape index (κ1) is 12.3. The minimum absolute atomic E-state index is 0.382. The molecule has 6 heteroatoms. The molecule has 3 N–H and O–H groups in total. The zero-order valence-corrected chi connectivity index (χ0v) is 10.8. The van der Waals surface area contributed by atoms with E-state index in [2.05, 4.69) is 22.2 Å². The summed E-state index contributed by atoms with van der Waals surface area (Å²) < 4.78 is 0. The molecule has 92 valence electrons. The van der Waals surface area contributed by atoms with Crippen LogP contribution in [0.3, 0.4) is 0 Å². The van der Waals surface area contributed by atoms with Crippen LogP contribution in [0.2, 0.25) is 0 Å². The number of nitrogens with two attached hydrogens (primary N) is 1. The van der Waals surface area contributed by atoms with E-state index in [4.69, 9.17) is 11.0 Å². The van der Waals surface area contributed by atoms with Crippen LogP contribution in [0.5, 0.6) is 0 Å². The Kier molecular flexibility index (Phi) is 3.75. The van der Waals surface area contributed by atoms with Crippen LogP contribution in [-0.2, 0) is 13.0 Å². The second-order valence-corrected chi connectivity index (χ2v) is 4.86. The predicted octanol–water partition coefficient (Wildman–Crippen LogP) is 2.17. The average molecular weight is 259 g/mol. The molecule has 2 aromatic heterocycles. The van der Waals surface area contributed by atoms with Crippen molar-refractivity contribution in [2.24, 2.45) is 0 Å². The van der Waals surface area contributed by atoms with Crippen LogP contribution in [0.25, 0.3) is 0 Å². The molecule has 0 bridgehead atoms. The number of hydrogen-bond donors (Lipinski definition) is 2. The molecule has 0 aliphatic rings. The lowest BCUT2D eigenvalue weighted by Crippen LogP contribution is -2.05. The summed E-state index contributed by atoms with van der Waals surface area (Å²) in [5.41, 5.74) is 6.64. The van der Waals surface area contributed by atoms with Gasteiger partial charge in [-0.1, -0.05) is 6.92 Å². The zero-order valence-electron chi connectivity index (χ0n) is 9.97. The van der Waals surface area contributed by atoms with Crippen molar-refractivity contribution in [3.8, 4) is 6.07 Å². The third kappa shape index (κ3) is 2.57. The van der Waals surface area contributed by atoms with E-state index in [9.17, 15) is 0 Å². The topological polar surface area (TPSA) is 87.6 Å². The van der Waals surface area contributed by atoms with Crippen LogP contribution in [-0.4, -0.2) is 9.97 Å². The average Bonchev–Trinajstić information content (AvgIpc) is 2.85. The fourth-order valence-corrected chi connectivity index (χ4v) is 2.27. The van der Waals surface area contributed by atoms with Gasteiger partial charge in [-0.2, -0.15) is 5.26 Å². The van der Waals surface area contributed by atoms with E-state index in [0.717, 1.165) is 11.4 Å². The van der Waals surface area contributed by atoms with Crippen LogP contribution < -0.4 is 11.1 Å². The maximum absolute atomic E-state index is 8.87. The Balaban J connectivity index is 2.09. The summed E-state index contributed by atoms with van der Waals surface area (Å²) >= 11 is 1.66. The van der Waals surface area contributed by atoms with E-state index in [-0.39, 0.29) is 0 Å². The van der Waals surface area contributed by atoms with Crippen molar-refractivity contribution < 1.29 is 0 Å². The second-order valence-electron chi connectivity index (χ2n) is 3.66.